The first-order valence-corrected chi connectivity index (χ1v) is 17.2. The van der Waals surface area contributed by atoms with E-state index in [2.05, 4.69) is 22.9 Å². The van der Waals surface area contributed by atoms with Crippen molar-refractivity contribution in [2.75, 3.05) is 19.6 Å². The van der Waals surface area contributed by atoms with Gasteiger partial charge in [0.05, 0.1) is 6.04 Å². The second-order valence-corrected chi connectivity index (χ2v) is 12.3. The Hall–Kier alpha value is -1.71. The SMILES string of the molecule is CCCCCCCCCCCCCCCCNC(CCCCN)C(=O)NC(C(=O)NC(CCCCN)C(=O)O)C(C)C. The lowest BCUT2D eigenvalue weighted by Gasteiger charge is -2.27. The molecule has 3 atom stereocenters. The van der Waals surface area contributed by atoms with Crippen molar-refractivity contribution in [2.24, 2.45) is 17.4 Å². The van der Waals surface area contributed by atoms with Crippen LogP contribution in [0.25, 0.3) is 0 Å². The molecular formula is C33H67N5O4. The summed E-state index contributed by atoms with van der Waals surface area (Å²) in [6.45, 7) is 7.76. The van der Waals surface area contributed by atoms with Crippen LogP contribution < -0.4 is 27.4 Å². The van der Waals surface area contributed by atoms with Gasteiger partial charge in [-0.15, -0.1) is 0 Å². The van der Waals surface area contributed by atoms with Crippen LogP contribution in [-0.4, -0.2) is 60.6 Å². The quantitative estimate of drug-likeness (QED) is 0.0605. The van der Waals surface area contributed by atoms with E-state index < -0.39 is 30.0 Å². The normalized spacial score (nSPS) is 13.6. The summed E-state index contributed by atoms with van der Waals surface area (Å²) in [5.41, 5.74) is 11.2. The average molecular weight is 598 g/mol. The Balaban J connectivity index is 4.52. The van der Waals surface area contributed by atoms with E-state index in [1.54, 1.807) is 0 Å². The zero-order valence-electron chi connectivity index (χ0n) is 27.4. The lowest BCUT2D eigenvalue weighted by molar-refractivity contribution is -0.142. The molecule has 0 aliphatic rings. The Labute approximate surface area is 257 Å². The molecule has 0 aromatic heterocycles. The highest BCUT2D eigenvalue weighted by atomic mass is 16.4. The molecule has 9 nitrogen and oxygen atoms in total. The fourth-order valence-corrected chi connectivity index (χ4v) is 5.21. The number of carbonyl (C=O) groups excluding carboxylic acids is 2. The highest BCUT2D eigenvalue weighted by Crippen LogP contribution is 2.13. The van der Waals surface area contributed by atoms with E-state index in [0.29, 0.717) is 38.8 Å². The summed E-state index contributed by atoms with van der Waals surface area (Å²) in [6, 6.07) is -2.22. The molecule has 2 amide bonds. The summed E-state index contributed by atoms with van der Waals surface area (Å²) < 4.78 is 0. The molecule has 0 aromatic rings. The van der Waals surface area contributed by atoms with Gasteiger partial charge in [0, 0.05) is 0 Å². The van der Waals surface area contributed by atoms with Gasteiger partial charge in [0.1, 0.15) is 12.1 Å². The summed E-state index contributed by atoms with van der Waals surface area (Å²) in [5, 5.41) is 18.5. The van der Waals surface area contributed by atoms with Crippen molar-refractivity contribution in [1.29, 1.82) is 0 Å². The maximum absolute atomic E-state index is 13.3. The van der Waals surface area contributed by atoms with Crippen LogP contribution >= 0.6 is 0 Å². The van der Waals surface area contributed by atoms with E-state index in [9.17, 15) is 19.5 Å². The maximum atomic E-state index is 13.3. The molecule has 0 saturated carbocycles. The molecule has 9 heteroatoms. The molecule has 0 aliphatic heterocycles. The van der Waals surface area contributed by atoms with Gasteiger partial charge in [-0.05, 0) is 64.1 Å². The minimum atomic E-state index is -1.08. The molecule has 248 valence electrons. The lowest BCUT2D eigenvalue weighted by atomic mass is 10.0. The van der Waals surface area contributed by atoms with Gasteiger partial charge in [0.15, 0.2) is 0 Å². The lowest BCUT2D eigenvalue weighted by Crippen LogP contribution is -2.57. The molecule has 0 spiro atoms. The van der Waals surface area contributed by atoms with Crippen LogP contribution in [0.15, 0.2) is 0 Å². The number of hydrogen-bond acceptors (Lipinski definition) is 6. The number of rotatable bonds is 30. The van der Waals surface area contributed by atoms with E-state index in [0.717, 1.165) is 32.2 Å². The van der Waals surface area contributed by atoms with E-state index in [-0.39, 0.29) is 11.8 Å². The smallest absolute Gasteiger partial charge is 0.326 e. The molecule has 8 N–H and O–H groups in total. The number of carboxylic acids is 1. The molecule has 0 radical (unpaired) electrons. The highest BCUT2D eigenvalue weighted by molar-refractivity contribution is 5.92. The van der Waals surface area contributed by atoms with Crippen LogP contribution in [0.2, 0.25) is 0 Å². The van der Waals surface area contributed by atoms with Crippen LogP contribution in [0.5, 0.6) is 0 Å². The van der Waals surface area contributed by atoms with Crippen LogP contribution in [-0.2, 0) is 14.4 Å². The number of carbonyl (C=O) groups is 3. The second-order valence-electron chi connectivity index (χ2n) is 12.3. The molecule has 3 unspecified atom stereocenters. The van der Waals surface area contributed by atoms with Gasteiger partial charge in [-0.2, -0.15) is 0 Å². The molecule has 0 heterocycles. The van der Waals surface area contributed by atoms with E-state index in [1.165, 1.54) is 77.0 Å². The topological polar surface area (TPSA) is 160 Å². The maximum Gasteiger partial charge on any atom is 0.326 e. The van der Waals surface area contributed by atoms with Gasteiger partial charge in [-0.1, -0.05) is 111 Å². The molecule has 0 fully saturated rings. The largest absolute Gasteiger partial charge is 0.480 e. The van der Waals surface area contributed by atoms with Crippen LogP contribution in [0.4, 0.5) is 0 Å². The third-order valence-electron chi connectivity index (χ3n) is 7.99. The summed E-state index contributed by atoms with van der Waals surface area (Å²) in [4.78, 5) is 37.9. The summed E-state index contributed by atoms with van der Waals surface area (Å²) in [5.74, 6) is -1.96. The number of nitrogens with one attached hydrogen (secondary N) is 3. The van der Waals surface area contributed by atoms with Crippen LogP contribution in [0.3, 0.4) is 0 Å². The minimum Gasteiger partial charge on any atom is -0.480 e. The molecule has 0 aliphatic carbocycles. The molecular weight excluding hydrogens is 530 g/mol. The van der Waals surface area contributed by atoms with Crippen molar-refractivity contribution >= 4 is 17.8 Å². The molecule has 0 saturated heterocycles. The number of amides is 2. The standard InChI is InChI=1S/C33H67N5O4/c1-4-5-6-7-8-9-10-11-12-13-14-15-16-21-26-36-28(22-17-19-24-34)31(39)38-30(27(2)3)32(40)37-29(33(41)42)23-18-20-25-35/h27-30,36H,4-26,34-35H2,1-3H3,(H,37,40)(H,38,39)(H,41,42). The molecule has 0 bridgehead atoms. The van der Waals surface area contributed by atoms with E-state index in [4.69, 9.17) is 11.5 Å². The number of unbranched alkanes of at least 4 members (excludes halogenated alkanes) is 15. The van der Waals surface area contributed by atoms with Crippen LogP contribution in [0.1, 0.15) is 149 Å². The van der Waals surface area contributed by atoms with Crippen molar-refractivity contribution in [3.05, 3.63) is 0 Å². The van der Waals surface area contributed by atoms with Gasteiger partial charge in [-0.3, -0.25) is 9.59 Å². The van der Waals surface area contributed by atoms with Crippen molar-refractivity contribution in [3.63, 3.8) is 0 Å². The van der Waals surface area contributed by atoms with Gasteiger partial charge in [0.25, 0.3) is 0 Å². The fraction of sp³-hybridized carbons (Fsp3) is 0.909. The van der Waals surface area contributed by atoms with Gasteiger partial charge < -0.3 is 32.5 Å². The summed E-state index contributed by atoms with van der Waals surface area (Å²) >= 11 is 0. The molecule has 42 heavy (non-hydrogen) atoms. The fourth-order valence-electron chi connectivity index (χ4n) is 5.21. The van der Waals surface area contributed by atoms with Gasteiger partial charge in [0.2, 0.25) is 11.8 Å². The first-order valence-electron chi connectivity index (χ1n) is 17.2. The first-order chi connectivity index (χ1) is 20.3. The average Bonchev–Trinajstić information content (AvgIpc) is 2.96. The number of carboxylic acid groups (broad SMARTS) is 1. The monoisotopic (exact) mass is 598 g/mol. The molecule has 0 aromatic carbocycles. The van der Waals surface area contributed by atoms with Gasteiger partial charge >= 0.3 is 5.97 Å². The molecule has 0 rings (SSSR count). The second kappa shape index (κ2) is 28.1. The predicted octanol–water partition coefficient (Wildman–Crippen LogP) is 5.39. The van der Waals surface area contributed by atoms with E-state index >= 15 is 0 Å². The summed E-state index contributed by atoms with van der Waals surface area (Å²) in [7, 11) is 0. The van der Waals surface area contributed by atoms with Crippen LogP contribution in [0, 0.1) is 5.92 Å². The third kappa shape index (κ3) is 21.9. The highest BCUT2D eigenvalue weighted by Gasteiger charge is 2.30. The minimum absolute atomic E-state index is 0.192. The Morgan fingerprint density at radius 2 is 1.05 bits per heavy atom. The predicted molar refractivity (Wildman–Crippen MR) is 174 cm³/mol. The Morgan fingerprint density at radius 3 is 1.48 bits per heavy atom. The Kier molecular flexibility index (Phi) is 26.9. The Bertz CT molecular complexity index is 677. The van der Waals surface area contributed by atoms with Crippen molar-refractivity contribution in [3.8, 4) is 0 Å². The summed E-state index contributed by atoms with van der Waals surface area (Å²) in [6.07, 6.45) is 22.2. The Morgan fingerprint density at radius 1 is 0.595 bits per heavy atom. The van der Waals surface area contributed by atoms with E-state index in [1.807, 2.05) is 13.8 Å². The third-order valence-corrected chi connectivity index (χ3v) is 7.99. The van der Waals surface area contributed by atoms with Crippen molar-refractivity contribution < 1.29 is 19.5 Å². The number of hydrogen-bond donors (Lipinski definition) is 6. The number of aliphatic carboxylic acids is 1. The first kappa shape index (κ1) is 40.3. The van der Waals surface area contributed by atoms with Crippen molar-refractivity contribution in [2.45, 2.75) is 167 Å². The zero-order valence-corrected chi connectivity index (χ0v) is 27.4. The van der Waals surface area contributed by atoms with Crippen molar-refractivity contribution in [1.82, 2.24) is 16.0 Å². The van der Waals surface area contributed by atoms with Gasteiger partial charge in [-0.25, -0.2) is 4.79 Å². The zero-order chi connectivity index (χ0) is 31.4. The number of nitrogens with two attached hydrogens (primary N) is 2.